The molecule has 0 unspecified atom stereocenters. The van der Waals surface area contributed by atoms with Gasteiger partial charge in [0.1, 0.15) is 11.8 Å². The van der Waals surface area contributed by atoms with E-state index < -0.39 is 73.2 Å². The Morgan fingerprint density at radius 2 is 1.55 bits per heavy atom. The van der Waals surface area contributed by atoms with E-state index in [9.17, 15) is 41.1 Å². The summed E-state index contributed by atoms with van der Waals surface area (Å²) in [4.78, 5) is 50.5. The third-order valence-corrected chi connectivity index (χ3v) is 6.47. The third kappa shape index (κ3) is 10.8. The quantitative estimate of drug-likeness (QED) is 0.208. The molecule has 0 fully saturated rings. The summed E-state index contributed by atoms with van der Waals surface area (Å²) in [5.74, 6) is -11.6. The van der Waals surface area contributed by atoms with E-state index in [-0.39, 0.29) is 22.2 Å². The van der Waals surface area contributed by atoms with Gasteiger partial charge in [-0.2, -0.15) is 22.0 Å². The molecule has 0 aliphatic carbocycles. The highest BCUT2D eigenvalue weighted by atomic mass is 35.5. The predicted molar refractivity (Wildman–Crippen MR) is 144 cm³/mol. The largest absolute Gasteiger partial charge is 0.484 e. The smallest absolute Gasteiger partial charge is 0.390 e. The number of halogens is 7. The average Bonchev–Trinajstić information content (AvgIpc) is 2.91. The Labute approximate surface area is 248 Å². The fraction of sp³-hybridized carbons (Fsp3) is 0.407. The Morgan fingerprint density at radius 1 is 0.905 bits per heavy atom. The topological polar surface area (TPSA) is 114 Å². The molecule has 8 nitrogen and oxygen atoms in total. The molecule has 0 heterocycles. The van der Waals surface area contributed by atoms with Crippen LogP contribution in [-0.4, -0.2) is 60.8 Å². The number of Topliss-reactive ketones (excluding diaryl/α,β-unsaturated/α-hetero) is 1. The van der Waals surface area contributed by atoms with E-state index in [2.05, 4.69) is 10.6 Å². The van der Waals surface area contributed by atoms with Gasteiger partial charge in [0.15, 0.2) is 6.61 Å². The molecule has 0 spiro atoms. The van der Waals surface area contributed by atoms with Gasteiger partial charge in [0.25, 0.3) is 11.8 Å². The van der Waals surface area contributed by atoms with Gasteiger partial charge in [0, 0.05) is 19.0 Å². The molecule has 2 atom stereocenters. The van der Waals surface area contributed by atoms with Crippen molar-refractivity contribution in [2.75, 3.05) is 13.2 Å². The van der Waals surface area contributed by atoms with Gasteiger partial charge in [-0.15, -0.1) is 0 Å². The van der Waals surface area contributed by atoms with Crippen molar-refractivity contribution in [1.29, 1.82) is 0 Å². The first kappa shape index (κ1) is 34.7. The minimum Gasteiger partial charge on any atom is -0.484 e. The van der Waals surface area contributed by atoms with Gasteiger partial charge in [0.05, 0.1) is 22.5 Å². The number of ether oxygens (including phenoxy) is 1. The summed E-state index contributed by atoms with van der Waals surface area (Å²) in [5.41, 5.74) is 0.574. The highest BCUT2D eigenvalue weighted by Crippen LogP contribution is 2.26. The van der Waals surface area contributed by atoms with Crippen LogP contribution in [0.15, 0.2) is 48.5 Å². The summed E-state index contributed by atoms with van der Waals surface area (Å²) in [7, 11) is 0. The Bertz CT molecular complexity index is 1260. The minimum absolute atomic E-state index is 0.113. The van der Waals surface area contributed by atoms with E-state index in [0.29, 0.717) is 5.56 Å². The summed E-state index contributed by atoms with van der Waals surface area (Å²) < 4.78 is 71.7. The van der Waals surface area contributed by atoms with Gasteiger partial charge in [-0.25, -0.2) is 0 Å². The summed E-state index contributed by atoms with van der Waals surface area (Å²) in [6, 6.07) is 9.28. The number of hydrogen-bond acceptors (Lipinski definition) is 5. The maximum absolute atomic E-state index is 14.7. The molecule has 0 saturated heterocycles. The number of hydrogen-bond donors (Lipinski definition) is 3. The second kappa shape index (κ2) is 15.1. The lowest BCUT2D eigenvalue weighted by atomic mass is 9.94. The molecule has 0 aliphatic heterocycles. The molecule has 3 amide bonds. The van der Waals surface area contributed by atoms with Crippen LogP contribution >= 0.6 is 23.2 Å². The number of carbonyl (C=O) groups excluding carboxylic acids is 4. The van der Waals surface area contributed by atoms with Crippen LogP contribution in [0.5, 0.6) is 5.75 Å². The minimum atomic E-state index is -4.75. The third-order valence-electron chi connectivity index (χ3n) is 5.73. The van der Waals surface area contributed by atoms with Crippen LogP contribution < -0.4 is 20.7 Å². The van der Waals surface area contributed by atoms with E-state index in [0.717, 1.165) is 0 Å². The number of alkyl halides is 5. The van der Waals surface area contributed by atoms with Gasteiger partial charge in [0.2, 0.25) is 11.7 Å². The van der Waals surface area contributed by atoms with Crippen LogP contribution in [0.3, 0.4) is 0 Å². The van der Waals surface area contributed by atoms with Gasteiger partial charge < -0.3 is 20.7 Å². The van der Waals surface area contributed by atoms with Crippen LogP contribution in [0.4, 0.5) is 22.0 Å². The number of rotatable bonds is 14. The maximum atomic E-state index is 14.7. The Kier molecular flexibility index (Phi) is 12.5. The van der Waals surface area contributed by atoms with E-state index in [1.807, 2.05) is 0 Å². The van der Waals surface area contributed by atoms with E-state index in [1.54, 1.807) is 30.3 Å². The van der Waals surface area contributed by atoms with Crippen molar-refractivity contribution in [3.05, 3.63) is 64.1 Å². The maximum Gasteiger partial charge on any atom is 0.390 e. The second-order valence-corrected chi connectivity index (χ2v) is 10.3. The summed E-state index contributed by atoms with van der Waals surface area (Å²) in [5, 5.41) is 6.41. The molecular formula is C27H28Cl2F5N3O5. The standard InChI is InChI=1S/C27H28Cl2F5N3O5/c1-15(2)22(23(39)27(33,34)25(41)35-11-10-26(30,31)32)37-24(40)20(12-16-6-4-3-5-7-16)36-21(38)14-42-17-8-9-18(28)19(29)13-17/h3-9,13,15,20,22H,10-12,14H2,1-2H3,(H,35,41)(H,36,38)(H,37,40)/t20-,22-/m0/s1. The number of amides is 3. The molecule has 2 aromatic rings. The summed E-state index contributed by atoms with van der Waals surface area (Å²) in [6.45, 7) is 0.894. The molecule has 0 bridgehead atoms. The number of carbonyl (C=O) groups is 4. The molecule has 230 valence electrons. The van der Waals surface area contributed by atoms with Crippen LogP contribution in [0, 0.1) is 5.92 Å². The van der Waals surface area contributed by atoms with E-state index >= 15 is 0 Å². The van der Waals surface area contributed by atoms with Crippen molar-refractivity contribution >= 4 is 46.7 Å². The SMILES string of the molecule is CC(C)[C@H](NC(=O)[C@H](Cc1ccccc1)NC(=O)COc1ccc(Cl)c(Cl)c1)C(=O)C(F)(F)C(=O)NCCC(F)(F)F. The van der Waals surface area contributed by atoms with E-state index in [4.69, 9.17) is 27.9 Å². The zero-order valence-electron chi connectivity index (χ0n) is 22.4. The highest BCUT2D eigenvalue weighted by Gasteiger charge is 2.51. The first-order valence-corrected chi connectivity index (χ1v) is 13.3. The number of nitrogens with one attached hydrogen (secondary N) is 3. The molecule has 42 heavy (non-hydrogen) atoms. The Balaban J connectivity index is 2.17. The monoisotopic (exact) mass is 639 g/mol. The molecule has 0 aromatic heterocycles. The average molecular weight is 640 g/mol. The van der Waals surface area contributed by atoms with Crippen LogP contribution in [0.1, 0.15) is 25.8 Å². The molecule has 0 saturated carbocycles. The lowest BCUT2D eigenvalue weighted by Gasteiger charge is -2.27. The fourth-order valence-electron chi connectivity index (χ4n) is 3.54. The zero-order valence-corrected chi connectivity index (χ0v) is 23.9. The van der Waals surface area contributed by atoms with Crippen LogP contribution in [-0.2, 0) is 25.6 Å². The van der Waals surface area contributed by atoms with Crippen molar-refractivity contribution < 1.29 is 45.9 Å². The highest BCUT2D eigenvalue weighted by molar-refractivity contribution is 6.42. The van der Waals surface area contributed by atoms with Crippen molar-refractivity contribution in [3.63, 3.8) is 0 Å². The first-order chi connectivity index (χ1) is 19.5. The van der Waals surface area contributed by atoms with Crippen LogP contribution in [0.25, 0.3) is 0 Å². The Hall–Kier alpha value is -3.45. The molecule has 2 rings (SSSR count). The Morgan fingerprint density at radius 3 is 2.12 bits per heavy atom. The summed E-state index contributed by atoms with van der Waals surface area (Å²) in [6.07, 6.45) is -6.41. The summed E-state index contributed by atoms with van der Waals surface area (Å²) >= 11 is 11.8. The van der Waals surface area contributed by atoms with Crippen molar-refractivity contribution in [2.45, 2.75) is 50.9 Å². The lowest BCUT2D eigenvalue weighted by molar-refractivity contribution is -0.162. The van der Waals surface area contributed by atoms with Gasteiger partial charge in [-0.05, 0) is 23.6 Å². The van der Waals surface area contributed by atoms with Gasteiger partial charge in [-0.1, -0.05) is 67.4 Å². The van der Waals surface area contributed by atoms with Crippen LogP contribution in [0.2, 0.25) is 10.0 Å². The van der Waals surface area contributed by atoms with Crippen molar-refractivity contribution in [1.82, 2.24) is 16.0 Å². The first-order valence-electron chi connectivity index (χ1n) is 12.5. The molecule has 15 heteroatoms. The molecular weight excluding hydrogens is 612 g/mol. The lowest BCUT2D eigenvalue weighted by Crippen LogP contribution is -2.59. The molecule has 0 radical (unpaired) electrons. The predicted octanol–water partition coefficient (Wildman–Crippen LogP) is 4.51. The zero-order chi connectivity index (χ0) is 31.7. The van der Waals surface area contributed by atoms with Crippen molar-refractivity contribution in [3.8, 4) is 5.75 Å². The fourth-order valence-corrected chi connectivity index (χ4v) is 3.82. The normalized spacial score (nSPS) is 13.2. The molecule has 0 aliphatic rings. The number of ketones is 1. The van der Waals surface area contributed by atoms with Gasteiger partial charge in [-0.3, -0.25) is 19.2 Å². The van der Waals surface area contributed by atoms with Crippen molar-refractivity contribution in [2.24, 2.45) is 5.92 Å². The van der Waals surface area contributed by atoms with E-state index in [1.165, 1.54) is 37.4 Å². The molecule has 2 aromatic carbocycles. The second-order valence-electron chi connectivity index (χ2n) is 9.46. The number of benzene rings is 2. The van der Waals surface area contributed by atoms with Gasteiger partial charge >= 0.3 is 12.1 Å². The molecule has 3 N–H and O–H groups in total.